The van der Waals surface area contributed by atoms with Gasteiger partial charge in [0, 0.05) is 26.3 Å². The van der Waals surface area contributed by atoms with Crippen LogP contribution >= 0.6 is 0 Å². The van der Waals surface area contributed by atoms with Gasteiger partial charge in [0.2, 0.25) is 0 Å². The third-order valence-electron chi connectivity index (χ3n) is 2.01. The largest absolute Gasteiger partial charge is 0.393 e. The van der Waals surface area contributed by atoms with Crippen LogP contribution in [0.25, 0.3) is 0 Å². The van der Waals surface area contributed by atoms with Crippen LogP contribution in [-0.4, -0.2) is 44.7 Å². The van der Waals surface area contributed by atoms with Gasteiger partial charge in [-0.25, -0.2) is 0 Å². The summed E-state index contributed by atoms with van der Waals surface area (Å²) < 4.78 is 1.69. The number of aromatic nitrogens is 3. The van der Waals surface area contributed by atoms with Gasteiger partial charge in [-0.3, -0.25) is 4.68 Å². The van der Waals surface area contributed by atoms with E-state index in [2.05, 4.69) is 15.2 Å². The molecule has 0 amide bonds. The van der Waals surface area contributed by atoms with E-state index >= 15 is 0 Å². The number of nitrogens with zero attached hydrogens (tertiary/aromatic N) is 4. The summed E-state index contributed by atoms with van der Waals surface area (Å²) in [6, 6.07) is 0. The Kier molecular flexibility index (Phi) is 4.03. The monoisotopic (exact) mass is 198 g/mol. The van der Waals surface area contributed by atoms with E-state index in [9.17, 15) is 0 Å². The molecule has 1 N–H and O–H groups in total. The first-order valence-corrected chi connectivity index (χ1v) is 4.79. The van der Waals surface area contributed by atoms with E-state index in [-0.39, 0.29) is 6.10 Å². The van der Waals surface area contributed by atoms with Crippen molar-refractivity contribution < 1.29 is 5.11 Å². The number of aliphatic hydroxyl groups excluding tert-OH is 1. The van der Waals surface area contributed by atoms with Crippen LogP contribution in [0.15, 0.2) is 6.20 Å². The van der Waals surface area contributed by atoms with Crippen molar-refractivity contribution in [3.05, 3.63) is 11.9 Å². The highest BCUT2D eigenvalue weighted by atomic mass is 16.3. The van der Waals surface area contributed by atoms with E-state index in [0.29, 0.717) is 0 Å². The first kappa shape index (κ1) is 11.1. The van der Waals surface area contributed by atoms with Gasteiger partial charge in [-0.05, 0) is 20.4 Å². The standard InChI is InChI=1S/C9H18N4O/c1-8(14)4-5-12(2)6-9-7-13(3)11-10-9/h7-8,14H,4-6H2,1-3H3. The summed E-state index contributed by atoms with van der Waals surface area (Å²) >= 11 is 0. The highest BCUT2D eigenvalue weighted by molar-refractivity contribution is 4.91. The summed E-state index contributed by atoms with van der Waals surface area (Å²) in [4.78, 5) is 2.12. The van der Waals surface area contributed by atoms with E-state index in [1.54, 1.807) is 11.6 Å². The van der Waals surface area contributed by atoms with Crippen LogP contribution in [0.4, 0.5) is 0 Å². The van der Waals surface area contributed by atoms with Crippen molar-refractivity contribution in [1.29, 1.82) is 0 Å². The molecule has 0 aliphatic heterocycles. The Balaban J connectivity index is 2.30. The first-order chi connectivity index (χ1) is 6.58. The second kappa shape index (κ2) is 5.07. The number of hydrogen-bond acceptors (Lipinski definition) is 4. The zero-order chi connectivity index (χ0) is 10.6. The molecule has 1 rings (SSSR count). The summed E-state index contributed by atoms with van der Waals surface area (Å²) in [6.07, 6.45) is 2.45. The third kappa shape index (κ3) is 3.85. The Labute approximate surface area is 84.3 Å². The van der Waals surface area contributed by atoms with Gasteiger partial charge in [0.25, 0.3) is 0 Å². The molecule has 0 aliphatic rings. The van der Waals surface area contributed by atoms with Crippen molar-refractivity contribution in [3.63, 3.8) is 0 Å². The molecule has 80 valence electrons. The van der Waals surface area contributed by atoms with Crippen molar-refractivity contribution >= 4 is 0 Å². The quantitative estimate of drug-likeness (QED) is 0.724. The smallest absolute Gasteiger partial charge is 0.0966 e. The molecule has 5 heteroatoms. The molecule has 0 aliphatic carbocycles. The molecule has 0 saturated carbocycles. The predicted octanol–water partition coefficient (Wildman–Crippen LogP) is 0.0178. The fourth-order valence-electron chi connectivity index (χ4n) is 1.23. The Morgan fingerprint density at radius 3 is 2.86 bits per heavy atom. The van der Waals surface area contributed by atoms with Crippen LogP contribution in [0.3, 0.4) is 0 Å². The maximum absolute atomic E-state index is 9.11. The third-order valence-corrected chi connectivity index (χ3v) is 2.01. The molecular weight excluding hydrogens is 180 g/mol. The van der Waals surface area contributed by atoms with Crippen LogP contribution in [-0.2, 0) is 13.6 Å². The van der Waals surface area contributed by atoms with E-state index < -0.39 is 0 Å². The fourth-order valence-corrected chi connectivity index (χ4v) is 1.23. The van der Waals surface area contributed by atoms with Crippen LogP contribution in [0, 0.1) is 0 Å². The lowest BCUT2D eigenvalue weighted by Crippen LogP contribution is -2.22. The Morgan fingerprint density at radius 2 is 2.36 bits per heavy atom. The molecule has 1 aromatic rings. The molecule has 0 aromatic carbocycles. The first-order valence-electron chi connectivity index (χ1n) is 4.79. The summed E-state index contributed by atoms with van der Waals surface area (Å²) in [5.41, 5.74) is 0.959. The van der Waals surface area contributed by atoms with E-state index in [1.165, 1.54) is 0 Å². The molecule has 0 saturated heterocycles. The highest BCUT2D eigenvalue weighted by Gasteiger charge is 2.04. The van der Waals surface area contributed by atoms with Crippen LogP contribution in [0.2, 0.25) is 0 Å². The summed E-state index contributed by atoms with van der Waals surface area (Å²) in [6.45, 7) is 3.45. The predicted molar refractivity (Wildman–Crippen MR) is 53.6 cm³/mol. The Hall–Kier alpha value is -0.940. The van der Waals surface area contributed by atoms with Crippen molar-refractivity contribution in [1.82, 2.24) is 19.9 Å². The molecule has 1 heterocycles. The van der Waals surface area contributed by atoms with Gasteiger partial charge in [0.1, 0.15) is 0 Å². The summed E-state index contributed by atoms with van der Waals surface area (Å²) in [5, 5.41) is 17.0. The topological polar surface area (TPSA) is 54.2 Å². The van der Waals surface area contributed by atoms with Gasteiger partial charge >= 0.3 is 0 Å². The number of aliphatic hydroxyl groups is 1. The van der Waals surface area contributed by atoms with Crippen molar-refractivity contribution in [2.75, 3.05) is 13.6 Å². The minimum absolute atomic E-state index is 0.237. The zero-order valence-electron chi connectivity index (χ0n) is 9.01. The molecule has 0 fully saturated rings. The van der Waals surface area contributed by atoms with Crippen molar-refractivity contribution in [3.8, 4) is 0 Å². The maximum Gasteiger partial charge on any atom is 0.0966 e. The Bertz CT molecular complexity index is 272. The lowest BCUT2D eigenvalue weighted by Gasteiger charge is -2.15. The normalized spacial score (nSPS) is 13.5. The van der Waals surface area contributed by atoms with E-state index in [1.807, 2.05) is 20.3 Å². The molecule has 1 atom stereocenters. The van der Waals surface area contributed by atoms with Gasteiger partial charge in [0.05, 0.1) is 11.8 Å². The highest BCUT2D eigenvalue weighted by Crippen LogP contribution is 1.99. The minimum Gasteiger partial charge on any atom is -0.393 e. The average molecular weight is 198 g/mol. The maximum atomic E-state index is 9.11. The minimum atomic E-state index is -0.237. The lowest BCUT2D eigenvalue weighted by atomic mass is 10.3. The van der Waals surface area contributed by atoms with Crippen molar-refractivity contribution in [2.45, 2.75) is 26.0 Å². The zero-order valence-corrected chi connectivity index (χ0v) is 9.01. The van der Waals surface area contributed by atoms with Crippen LogP contribution in [0.1, 0.15) is 19.0 Å². The number of rotatable bonds is 5. The molecule has 0 radical (unpaired) electrons. The van der Waals surface area contributed by atoms with Crippen LogP contribution in [0.5, 0.6) is 0 Å². The van der Waals surface area contributed by atoms with Gasteiger partial charge in [-0.15, -0.1) is 5.10 Å². The van der Waals surface area contributed by atoms with E-state index in [4.69, 9.17) is 5.11 Å². The second-order valence-corrected chi connectivity index (χ2v) is 3.76. The molecule has 0 bridgehead atoms. The molecule has 14 heavy (non-hydrogen) atoms. The van der Waals surface area contributed by atoms with Crippen molar-refractivity contribution in [2.24, 2.45) is 7.05 Å². The summed E-state index contributed by atoms with van der Waals surface area (Å²) in [7, 11) is 3.86. The van der Waals surface area contributed by atoms with Gasteiger partial charge in [0.15, 0.2) is 0 Å². The van der Waals surface area contributed by atoms with Gasteiger partial charge < -0.3 is 10.0 Å². The lowest BCUT2D eigenvalue weighted by molar-refractivity contribution is 0.162. The average Bonchev–Trinajstić information content (AvgIpc) is 2.48. The SMILES string of the molecule is CC(O)CCN(C)Cc1cn(C)nn1. The van der Waals surface area contributed by atoms with Gasteiger partial charge in [-0.2, -0.15) is 0 Å². The second-order valence-electron chi connectivity index (χ2n) is 3.76. The van der Waals surface area contributed by atoms with Crippen LogP contribution < -0.4 is 0 Å². The molecule has 0 spiro atoms. The number of hydrogen-bond donors (Lipinski definition) is 1. The van der Waals surface area contributed by atoms with E-state index in [0.717, 1.165) is 25.2 Å². The molecule has 5 nitrogen and oxygen atoms in total. The molecule has 1 aromatic heterocycles. The van der Waals surface area contributed by atoms with Gasteiger partial charge in [-0.1, -0.05) is 5.21 Å². The Morgan fingerprint density at radius 1 is 1.64 bits per heavy atom. The number of aryl methyl sites for hydroxylation is 1. The fraction of sp³-hybridized carbons (Fsp3) is 0.778. The molecule has 1 unspecified atom stereocenters. The molecular formula is C9H18N4O. The summed E-state index contributed by atoms with van der Waals surface area (Å²) in [5.74, 6) is 0.